The Kier molecular flexibility index (Phi) is 9.27. The van der Waals surface area contributed by atoms with Crippen LogP contribution in [0, 0.1) is 0 Å². The summed E-state index contributed by atoms with van der Waals surface area (Å²) in [5.74, 6) is 1.32. The van der Waals surface area contributed by atoms with Crippen LogP contribution in [0.15, 0.2) is 59.1 Å². The van der Waals surface area contributed by atoms with Crippen LogP contribution in [-0.4, -0.2) is 46.6 Å². The molecule has 12 heteroatoms. The summed E-state index contributed by atoms with van der Waals surface area (Å²) in [6, 6.07) is 14.4. The highest BCUT2D eigenvalue weighted by atomic mass is 35.5. The summed E-state index contributed by atoms with van der Waals surface area (Å²) in [4.78, 5) is 25.4. The predicted octanol–water partition coefficient (Wildman–Crippen LogP) is 5.78. The molecule has 0 aliphatic heterocycles. The smallest absolute Gasteiger partial charge is 0.341 e. The molecule has 38 heavy (non-hydrogen) atoms. The topological polar surface area (TPSA) is 105 Å². The van der Waals surface area contributed by atoms with Crippen molar-refractivity contribution in [2.24, 2.45) is 0 Å². The number of amides is 1. The maximum Gasteiger partial charge on any atom is 0.341 e. The Morgan fingerprint density at radius 3 is 2.42 bits per heavy atom. The van der Waals surface area contributed by atoms with Crippen LogP contribution in [-0.2, 0) is 22.7 Å². The molecule has 1 N–H and O–H groups in total. The molecule has 0 fully saturated rings. The number of rotatable bonds is 11. The lowest BCUT2D eigenvalue weighted by Gasteiger charge is -2.10. The van der Waals surface area contributed by atoms with Crippen LogP contribution in [0.25, 0.3) is 11.1 Å². The van der Waals surface area contributed by atoms with Gasteiger partial charge < -0.3 is 24.1 Å². The van der Waals surface area contributed by atoms with Crippen molar-refractivity contribution in [3.8, 4) is 22.6 Å². The zero-order valence-electron chi connectivity index (χ0n) is 20.9. The quantitative estimate of drug-likeness (QED) is 0.178. The third kappa shape index (κ3) is 6.47. The number of anilines is 1. The van der Waals surface area contributed by atoms with Crippen molar-refractivity contribution in [2.45, 2.75) is 25.2 Å². The van der Waals surface area contributed by atoms with E-state index in [2.05, 4.69) is 15.5 Å². The van der Waals surface area contributed by atoms with Crippen molar-refractivity contribution in [2.75, 3.05) is 25.3 Å². The third-order valence-electron chi connectivity index (χ3n) is 5.46. The molecule has 2 aromatic heterocycles. The number of thioether (sulfide) groups is 1. The maximum absolute atomic E-state index is 12.8. The molecule has 0 saturated heterocycles. The minimum absolute atomic E-state index is 0.0757. The molecule has 4 aromatic rings. The van der Waals surface area contributed by atoms with E-state index in [-0.39, 0.29) is 18.3 Å². The van der Waals surface area contributed by atoms with Crippen molar-refractivity contribution in [3.05, 3.63) is 70.3 Å². The van der Waals surface area contributed by atoms with E-state index in [9.17, 15) is 9.59 Å². The summed E-state index contributed by atoms with van der Waals surface area (Å²) >= 11 is 8.50. The molecule has 0 unspecified atom stereocenters. The Hall–Kier alpha value is -3.54. The summed E-state index contributed by atoms with van der Waals surface area (Å²) in [7, 11) is 2.91. The number of hydrogen-bond acceptors (Lipinski definition) is 9. The van der Waals surface area contributed by atoms with Gasteiger partial charge in [-0.3, -0.25) is 4.79 Å². The number of methoxy groups -OCH3 is 2. The lowest BCUT2D eigenvalue weighted by Crippen LogP contribution is -2.16. The van der Waals surface area contributed by atoms with Gasteiger partial charge in [-0.05, 0) is 48.9 Å². The Morgan fingerprint density at radius 2 is 1.76 bits per heavy atom. The van der Waals surface area contributed by atoms with Gasteiger partial charge in [0.05, 0.1) is 20.0 Å². The molecule has 4 rings (SSSR count). The molecule has 2 heterocycles. The Balaban J connectivity index is 1.41. The maximum atomic E-state index is 12.8. The van der Waals surface area contributed by atoms with E-state index in [1.54, 1.807) is 24.6 Å². The first-order valence-corrected chi connectivity index (χ1v) is 13.7. The van der Waals surface area contributed by atoms with E-state index in [0.717, 1.165) is 11.3 Å². The highest BCUT2D eigenvalue weighted by Gasteiger charge is 2.23. The number of aromatic nitrogens is 3. The van der Waals surface area contributed by atoms with E-state index in [1.807, 2.05) is 47.9 Å². The standard InChI is InChI=1S/C26H25ClN4O5S2/c1-4-31-21(13-36-19-11-9-18(34-2)10-12-19)29-30-26(31)38-15-22(32)28-24-23(25(33)35-3)20(14-37-24)16-5-7-17(27)8-6-16/h5-12,14H,4,13,15H2,1-3H3,(H,28,32). The molecule has 0 saturated carbocycles. The zero-order valence-corrected chi connectivity index (χ0v) is 23.3. The van der Waals surface area contributed by atoms with Crippen molar-refractivity contribution in [1.82, 2.24) is 14.8 Å². The van der Waals surface area contributed by atoms with Gasteiger partial charge in [-0.1, -0.05) is 35.5 Å². The van der Waals surface area contributed by atoms with Crippen LogP contribution < -0.4 is 14.8 Å². The van der Waals surface area contributed by atoms with Crippen molar-refractivity contribution < 1.29 is 23.8 Å². The first-order chi connectivity index (χ1) is 18.4. The van der Waals surface area contributed by atoms with Crippen molar-refractivity contribution in [1.29, 1.82) is 0 Å². The number of ether oxygens (including phenoxy) is 3. The highest BCUT2D eigenvalue weighted by molar-refractivity contribution is 7.99. The van der Waals surface area contributed by atoms with Gasteiger partial charge in [0.1, 0.15) is 28.7 Å². The molecule has 0 radical (unpaired) electrons. The number of benzene rings is 2. The Labute approximate surface area is 233 Å². The number of carbonyl (C=O) groups excluding carboxylic acids is 2. The van der Waals surface area contributed by atoms with E-state index in [1.165, 1.54) is 30.2 Å². The molecule has 0 aliphatic carbocycles. The average molecular weight is 573 g/mol. The largest absolute Gasteiger partial charge is 0.497 e. The van der Waals surface area contributed by atoms with Gasteiger partial charge in [-0.2, -0.15) is 0 Å². The normalized spacial score (nSPS) is 10.7. The van der Waals surface area contributed by atoms with Crippen LogP contribution >= 0.6 is 34.7 Å². The highest BCUT2D eigenvalue weighted by Crippen LogP contribution is 2.36. The van der Waals surface area contributed by atoms with Crippen LogP contribution in [0.1, 0.15) is 23.1 Å². The van der Waals surface area contributed by atoms with Crippen LogP contribution in [0.3, 0.4) is 0 Å². The Bertz CT molecular complexity index is 1400. The van der Waals surface area contributed by atoms with Gasteiger partial charge in [0.2, 0.25) is 5.91 Å². The van der Waals surface area contributed by atoms with E-state index < -0.39 is 5.97 Å². The fourth-order valence-electron chi connectivity index (χ4n) is 3.56. The van der Waals surface area contributed by atoms with Gasteiger partial charge in [0.25, 0.3) is 0 Å². The summed E-state index contributed by atoms with van der Waals surface area (Å²) in [5.41, 5.74) is 1.75. The molecule has 0 bridgehead atoms. The van der Waals surface area contributed by atoms with Crippen LogP contribution in [0.2, 0.25) is 5.02 Å². The van der Waals surface area contributed by atoms with Gasteiger partial charge in [-0.15, -0.1) is 21.5 Å². The number of thiophene rings is 1. The minimum Gasteiger partial charge on any atom is -0.497 e. The van der Waals surface area contributed by atoms with Crippen molar-refractivity contribution >= 4 is 51.6 Å². The molecule has 2 aromatic carbocycles. The predicted molar refractivity (Wildman–Crippen MR) is 148 cm³/mol. The summed E-state index contributed by atoms with van der Waals surface area (Å²) < 4.78 is 17.9. The molecule has 1 amide bonds. The van der Waals surface area contributed by atoms with Gasteiger partial charge >= 0.3 is 5.97 Å². The van der Waals surface area contributed by atoms with E-state index in [0.29, 0.717) is 44.4 Å². The summed E-state index contributed by atoms with van der Waals surface area (Å²) in [5, 5.41) is 14.7. The SMILES string of the molecule is CCn1c(COc2ccc(OC)cc2)nnc1SCC(=O)Nc1scc(-c2ccc(Cl)cc2)c1C(=O)OC. The van der Waals surface area contributed by atoms with Gasteiger partial charge in [-0.25, -0.2) is 4.79 Å². The fourth-order valence-corrected chi connectivity index (χ4v) is 5.48. The molecule has 0 aliphatic rings. The molecular formula is C26H25ClN4O5S2. The number of hydrogen-bond donors (Lipinski definition) is 1. The van der Waals surface area contributed by atoms with Gasteiger partial charge in [0.15, 0.2) is 11.0 Å². The second kappa shape index (κ2) is 12.8. The minimum atomic E-state index is -0.536. The van der Waals surface area contributed by atoms with Gasteiger partial charge in [0, 0.05) is 22.5 Å². The monoisotopic (exact) mass is 572 g/mol. The zero-order chi connectivity index (χ0) is 27.1. The van der Waals surface area contributed by atoms with Crippen LogP contribution in [0.5, 0.6) is 11.5 Å². The molecule has 0 spiro atoms. The lowest BCUT2D eigenvalue weighted by atomic mass is 10.0. The third-order valence-corrected chi connectivity index (χ3v) is 7.57. The number of halogens is 1. The van der Waals surface area contributed by atoms with Crippen molar-refractivity contribution in [3.63, 3.8) is 0 Å². The van der Waals surface area contributed by atoms with E-state index >= 15 is 0 Å². The van der Waals surface area contributed by atoms with Crippen LogP contribution in [0.4, 0.5) is 5.00 Å². The molecule has 198 valence electrons. The average Bonchev–Trinajstić information content (AvgIpc) is 3.54. The number of nitrogens with one attached hydrogen (secondary N) is 1. The first-order valence-electron chi connectivity index (χ1n) is 11.5. The molecule has 0 atom stereocenters. The Morgan fingerprint density at radius 1 is 1.05 bits per heavy atom. The summed E-state index contributed by atoms with van der Waals surface area (Å²) in [6.45, 7) is 2.81. The second-order valence-corrected chi connectivity index (χ2v) is 10.1. The second-order valence-electron chi connectivity index (χ2n) is 7.80. The lowest BCUT2D eigenvalue weighted by molar-refractivity contribution is -0.113. The van der Waals surface area contributed by atoms with E-state index in [4.69, 9.17) is 25.8 Å². The fraction of sp³-hybridized carbons (Fsp3) is 0.231. The number of esters is 1. The first kappa shape index (κ1) is 27.5. The molecular weight excluding hydrogens is 548 g/mol. The number of carbonyl (C=O) groups is 2. The molecule has 9 nitrogen and oxygen atoms in total. The summed E-state index contributed by atoms with van der Waals surface area (Å²) in [6.07, 6.45) is 0. The number of nitrogens with zero attached hydrogens (tertiary/aromatic N) is 3.